The summed E-state index contributed by atoms with van der Waals surface area (Å²) < 4.78 is 5.36. The molecule has 0 fully saturated rings. The van der Waals surface area contributed by atoms with E-state index in [4.69, 9.17) is 10.5 Å². The molecule has 0 radical (unpaired) electrons. The summed E-state index contributed by atoms with van der Waals surface area (Å²) in [6.07, 6.45) is 0. The van der Waals surface area contributed by atoms with Crippen molar-refractivity contribution in [3.63, 3.8) is 0 Å². The molecule has 21 heavy (non-hydrogen) atoms. The Balaban J connectivity index is 2.08. The van der Waals surface area contributed by atoms with Crippen molar-refractivity contribution in [2.24, 2.45) is 5.73 Å². The smallest absolute Gasteiger partial charge is 0.255 e. The molecule has 0 bridgehead atoms. The van der Waals surface area contributed by atoms with Crippen LogP contribution in [-0.2, 0) is 0 Å². The lowest BCUT2D eigenvalue weighted by atomic mass is 10.1. The average molecular weight is 284 g/mol. The molecular weight excluding hydrogens is 264 g/mol. The van der Waals surface area contributed by atoms with Gasteiger partial charge in [-0.25, -0.2) is 0 Å². The minimum absolute atomic E-state index is 0.0627. The normalized spacial score (nSPS) is 11.8. The summed E-state index contributed by atoms with van der Waals surface area (Å²) in [5.74, 6) is 0.605. The number of hydrogen-bond acceptors (Lipinski definition) is 3. The van der Waals surface area contributed by atoms with E-state index in [1.54, 1.807) is 24.3 Å². The van der Waals surface area contributed by atoms with Crippen LogP contribution in [0.25, 0.3) is 0 Å². The fraction of sp³-hybridized carbons (Fsp3) is 0.235. The van der Waals surface area contributed by atoms with Crippen LogP contribution in [0.5, 0.6) is 5.75 Å². The third-order valence-electron chi connectivity index (χ3n) is 3.10. The summed E-state index contributed by atoms with van der Waals surface area (Å²) in [7, 11) is 0. The van der Waals surface area contributed by atoms with E-state index in [0.29, 0.717) is 12.2 Å². The van der Waals surface area contributed by atoms with Gasteiger partial charge in [-0.15, -0.1) is 0 Å². The number of amides is 1. The maximum Gasteiger partial charge on any atom is 0.255 e. The Bertz CT molecular complexity index is 606. The third kappa shape index (κ3) is 4.07. The van der Waals surface area contributed by atoms with Gasteiger partial charge in [-0.3, -0.25) is 4.79 Å². The van der Waals surface area contributed by atoms with Crippen LogP contribution in [-0.4, -0.2) is 12.5 Å². The molecule has 0 heterocycles. The van der Waals surface area contributed by atoms with Gasteiger partial charge in [0, 0.05) is 17.3 Å². The van der Waals surface area contributed by atoms with Gasteiger partial charge >= 0.3 is 0 Å². The lowest BCUT2D eigenvalue weighted by molar-refractivity contribution is 0.102. The van der Waals surface area contributed by atoms with E-state index in [1.165, 1.54) is 0 Å². The minimum Gasteiger partial charge on any atom is -0.494 e. The number of benzene rings is 2. The van der Waals surface area contributed by atoms with Crippen LogP contribution in [0.1, 0.15) is 35.8 Å². The van der Waals surface area contributed by atoms with Crippen molar-refractivity contribution in [1.82, 2.24) is 0 Å². The molecule has 2 aromatic carbocycles. The van der Waals surface area contributed by atoms with Gasteiger partial charge in [-0.2, -0.15) is 0 Å². The first kappa shape index (κ1) is 15.1. The van der Waals surface area contributed by atoms with Crippen molar-refractivity contribution in [2.45, 2.75) is 19.9 Å². The Hall–Kier alpha value is -2.33. The number of rotatable bonds is 5. The second-order valence-electron chi connectivity index (χ2n) is 4.83. The van der Waals surface area contributed by atoms with Crippen LogP contribution in [0, 0.1) is 0 Å². The highest BCUT2D eigenvalue weighted by molar-refractivity contribution is 6.04. The zero-order valence-electron chi connectivity index (χ0n) is 12.3. The summed E-state index contributed by atoms with van der Waals surface area (Å²) in [6, 6.07) is 14.6. The predicted octanol–water partition coefficient (Wildman–Crippen LogP) is 3.36. The number of anilines is 1. The molecule has 0 saturated carbocycles. The molecule has 1 atom stereocenters. The Morgan fingerprint density at radius 1 is 1.24 bits per heavy atom. The number of ether oxygens (including phenoxy) is 1. The van der Waals surface area contributed by atoms with Gasteiger partial charge < -0.3 is 15.8 Å². The maximum atomic E-state index is 12.2. The SMILES string of the molecule is CCOc1ccc(C(=O)Nc2cccc(C(C)N)c2)cc1. The summed E-state index contributed by atoms with van der Waals surface area (Å²) in [5.41, 5.74) is 8.16. The fourth-order valence-electron chi connectivity index (χ4n) is 1.97. The molecule has 0 spiro atoms. The summed E-state index contributed by atoms with van der Waals surface area (Å²) in [4.78, 5) is 12.2. The molecule has 0 aliphatic heterocycles. The fourth-order valence-corrected chi connectivity index (χ4v) is 1.97. The average Bonchev–Trinajstić information content (AvgIpc) is 2.48. The number of carbonyl (C=O) groups excluding carboxylic acids is 1. The molecular formula is C17H20N2O2. The van der Waals surface area contributed by atoms with Crippen molar-refractivity contribution in [3.8, 4) is 5.75 Å². The molecule has 1 amide bonds. The van der Waals surface area contributed by atoms with Crippen LogP contribution in [0.4, 0.5) is 5.69 Å². The molecule has 1 unspecified atom stereocenters. The van der Waals surface area contributed by atoms with Gasteiger partial charge in [0.05, 0.1) is 6.61 Å². The predicted molar refractivity (Wildman–Crippen MR) is 84.6 cm³/mol. The standard InChI is InChI=1S/C17H20N2O2/c1-3-21-16-9-7-13(8-10-16)17(20)19-15-6-4-5-14(11-15)12(2)18/h4-12H,3,18H2,1-2H3,(H,19,20). The van der Waals surface area contributed by atoms with E-state index < -0.39 is 0 Å². The number of nitrogens with one attached hydrogen (secondary N) is 1. The van der Waals surface area contributed by atoms with E-state index in [0.717, 1.165) is 17.0 Å². The topological polar surface area (TPSA) is 64.3 Å². The minimum atomic E-state index is -0.153. The highest BCUT2D eigenvalue weighted by atomic mass is 16.5. The summed E-state index contributed by atoms with van der Waals surface area (Å²) in [6.45, 7) is 4.44. The lowest BCUT2D eigenvalue weighted by Gasteiger charge is -2.10. The zero-order chi connectivity index (χ0) is 15.2. The first-order valence-corrected chi connectivity index (χ1v) is 7.00. The van der Waals surface area contributed by atoms with Gasteiger partial charge in [0.1, 0.15) is 5.75 Å². The molecule has 0 saturated heterocycles. The van der Waals surface area contributed by atoms with Crippen LogP contribution in [0.2, 0.25) is 0 Å². The second-order valence-corrected chi connectivity index (χ2v) is 4.83. The second kappa shape index (κ2) is 6.90. The van der Waals surface area contributed by atoms with Gasteiger partial charge in [-0.1, -0.05) is 12.1 Å². The van der Waals surface area contributed by atoms with E-state index >= 15 is 0 Å². The van der Waals surface area contributed by atoms with Crippen LogP contribution in [0.3, 0.4) is 0 Å². The van der Waals surface area contributed by atoms with E-state index in [-0.39, 0.29) is 11.9 Å². The molecule has 4 heteroatoms. The lowest BCUT2D eigenvalue weighted by Crippen LogP contribution is -2.12. The van der Waals surface area contributed by atoms with E-state index in [1.807, 2.05) is 38.1 Å². The van der Waals surface area contributed by atoms with Gasteiger partial charge in [0.15, 0.2) is 0 Å². The van der Waals surface area contributed by atoms with Gasteiger partial charge in [0.25, 0.3) is 5.91 Å². The largest absolute Gasteiger partial charge is 0.494 e. The molecule has 4 nitrogen and oxygen atoms in total. The van der Waals surface area contributed by atoms with Crippen molar-refractivity contribution < 1.29 is 9.53 Å². The molecule has 0 aliphatic carbocycles. The Kier molecular flexibility index (Phi) is 4.95. The van der Waals surface area contributed by atoms with Gasteiger partial charge in [0.2, 0.25) is 0 Å². The molecule has 2 aromatic rings. The van der Waals surface area contributed by atoms with E-state index in [2.05, 4.69) is 5.32 Å². The molecule has 2 rings (SSSR count). The van der Waals surface area contributed by atoms with Crippen LogP contribution in [0.15, 0.2) is 48.5 Å². The molecule has 3 N–H and O–H groups in total. The first-order valence-electron chi connectivity index (χ1n) is 7.00. The Labute approximate surface area is 124 Å². The van der Waals surface area contributed by atoms with Crippen LogP contribution >= 0.6 is 0 Å². The number of hydrogen-bond donors (Lipinski definition) is 2. The summed E-state index contributed by atoms with van der Waals surface area (Å²) >= 11 is 0. The van der Waals surface area contributed by atoms with Crippen molar-refractivity contribution >= 4 is 11.6 Å². The first-order chi connectivity index (χ1) is 10.1. The number of carbonyl (C=O) groups is 1. The Morgan fingerprint density at radius 2 is 1.95 bits per heavy atom. The maximum absolute atomic E-state index is 12.2. The summed E-state index contributed by atoms with van der Waals surface area (Å²) in [5, 5.41) is 2.87. The monoisotopic (exact) mass is 284 g/mol. The third-order valence-corrected chi connectivity index (χ3v) is 3.10. The highest BCUT2D eigenvalue weighted by Crippen LogP contribution is 2.17. The Morgan fingerprint density at radius 3 is 2.57 bits per heavy atom. The number of nitrogens with two attached hydrogens (primary N) is 1. The zero-order valence-corrected chi connectivity index (χ0v) is 12.3. The quantitative estimate of drug-likeness (QED) is 0.885. The highest BCUT2D eigenvalue weighted by Gasteiger charge is 2.07. The van der Waals surface area contributed by atoms with Gasteiger partial charge in [-0.05, 0) is 55.8 Å². The van der Waals surface area contributed by atoms with Crippen LogP contribution < -0.4 is 15.8 Å². The molecule has 0 aliphatic rings. The molecule has 110 valence electrons. The van der Waals surface area contributed by atoms with E-state index in [9.17, 15) is 4.79 Å². The van der Waals surface area contributed by atoms with Crippen molar-refractivity contribution in [2.75, 3.05) is 11.9 Å². The van der Waals surface area contributed by atoms with Crippen molar-refractivity contribution in [3.05, 3.63) is 59.7 Å². The van der Waals surface area contributed by atoms with Crippen molar-refractivity contribution in [1.29, 1.82) is 0 Å². The molecule has 0 aromatic heterocycles.